The number of aliphatic imine (C=N–C) groups is 1. The summed E-state index contributed by atoms with van der Waals surface area (Å²) in [5.41, 5.74) is 0. The zero-order valence-electron chi connectivity index (χ0n) is 15.1. The Kier molecular flexibility index (Phi) is 10.2. The number of guanidine groups is 1. The molecule has 0 aromatic carbocycles. The minimum atomic E-state index is 0.653. The molecule has 1 aliphatic rings. The van der Waals surface area contributed by atoms with Gasteiger partial charge in [-0.1, -0.05) is 19.3 Å². The molecule has 1 atom stereocenters. The van der Waals surface area contributed by atoms with Crippen LogP contribution in [0.5, 0.6) is 0 Å². The van der Waals surface area contributed by atoms with Crippen molar-refractivity contribution in [1.29, 1.82) is 0 Å². The van der Waals surface area contributed by atoms with Crippen LogP contribution >= 0.6 is 0 Å². The number of rotatable bonds is 10. The maximum Gasteiger partial charge on any atom is 0.193 e. The van der Waals surface area contributed by atoms with E-state index in [0.29, 0.717) is 5.92 Å². The zero-order valence-corrected chi connectivity index (χ0v) is 15.1. The molecule has 0 radical (unpaired) electrons. The lowest BCUT2D eigenvalue weighted by molar-refractivity contribution is 0.181. The van der Waals surface area contributed by atoms with Crippen molar-refractivity contribution in [2.75, 3.05) is 61.0 Å². The van der Waals surface area contributed by atoms with Crippen molar-refractivity contribution in [1.82, 2.24) is 15.1 Å². The predicted molar refractivity (Wildman–Crippen MR) is 94.6 cm³/mol. The number of hydrogen-bond acceptors (Lipinski definition) is 3. The first kappa shape index (κ1) is 19.2. The lowest BCUT2D eigenvalue weighted by Crippen LogP contribution is -2.41. The molecule has 0 aliphatic carbocycles. The number of ether oxygens (including phenoxy) is 1. The summed E-state index contributed by atoms with van der Waals surface area (Å²) in [6.45, 7) is 5.07. The molecule has 0 saturated carbocycles. The molecule has 0 aromatic rings. The van der Waals surface area contributed by atoms with Gasteiger partial charge in [0.15, 0.2) is 5.96 Å². The van der Waals surface area contributed by atoms with E-state index in [1.807, 2.05) is 7.05 Å². The molecule has 0 aromatic heterocycles. The third-order valence-electron chi connectivity index (χ3n) is 4.19. The van der Waals surface area contributed by atoms with Gasteiger partial charge in [0.1, 0.15) is 0 Å². The molecule has 1 rings (SSSR count). The molecule has 1 heterocycles. The minimum Gasteiger partial charge on any atom is -0.381 e. The van der Waals surface area contributed by atoms with Crippen LogP contribution in [-0.4, -0.2) is 76.8 Å². The third-order valence-corrected chi connectivity index (χ3v) is 4.19. The van der Waals surface area contributed by atoms with E-state index in [9.17, 15) is 0 Å². The average Bonchev–Trinajstić information content (AvgIpc) is 2.98. The van der Waals surface area contributed by atoms with Gasteiger partial charge in [0.25, 0.3) is 0 Å². The van der Waals surface area contributed by atoms with E-state index in [2.05, 4.69) is 41.3 Å². The monoisotopic (exact) mass is 312 g/mol. The molecule has 1 unspecified atom stereocenters. The molecule has 0 spiro atoms. The fraction of sp³-hybridized carbons (Fsp3) is 0.941. The van der Waals surface area contributed by atoms with E-state index in [1.54, 1.807) is 0 Å². The molecular formula is C17H36N4O. The van der Waals surface area contributed by atoms with E-state index in [4.69, 9.17) is 4.74 Å². The molecule has 1 aliphatic heterocycles. The molecule has 5 heteroatoms. The van der Waals surface area contributed by atoms with Gasteiger partial charge in [-0.05, 0) is 39.9 Å². The quantitative estimate of drug-likeness (QED) is 0.381. The summed E-state index contributed by atoms with van der Waals surface area (Å²) in [4.78, 5) is 8.88. The Morgan fingerprint density at radius 3 is 2.50 bits per heavy atom. The lowest BCUT2D eigenvalue weighted by Gasteiger charge is -2.24. The second kappa shape index (κ2) is 11.7. The SMILES string of the molecule is CN=C(NCCCCCCCN(C)C)N(C)CC1CCOC1. The Bertz CT molecular complexity index is 301. The van der Waals surface area contributed by atoms with Gasteiger partial charge in [0.05, 0.1) is 6.61 Å². The van der Waals surface area contributed by atoms with Crippen LogP contribution in [0.25, 0.3) is 0 Å². The summed E-state index contributed by atoms with van der Waals surface area (Å²) in [7, 11) is 8.27. The van der Waals surface area contributed by atoms with Gasteiger partial charge in [-0.2, -0.15) is 0 Å². The van der Waals surface area contributed by atoms with Crippen molar-refractivity contribution in [3.05, 3.63) is 0 Å². The maximum absolute atomic E-state index is 5.44. The van der Waals surface area contributed by atoms with Crippen LogP contribution < -0.4 is 5.32 Å². The highest BCUT2D eigenvalue weighted by Gasteiger charge is 2.18. The molecule has 0 amide bonds. The smallest absolute Gasteiger partial charge is 0.193 e. The number of nitrogens with one attached hydrogen (secondary N) is 1. The normalized spacial score (nSPS) is 19.0. The zero-order chi connectivity index (χ0) is 16.2. The Hall–Kier alpha value is -0.810. The topological polar surface area (TPSA) is 40.1 Å². The number of unbranched alkanes of at least 4 members (excludes halogenated alkanes) is 4. The summed E-state index contributed by atoms with van der Waals surface area (Å²) in [5.74, 6) is 1.67. The van der Waals surface area contributed by atoms with Crippen LogP contribution in [0.1, 0.15) is 38.5 Å². The van der Waals surface area contributed by atoms with Crippen LogP contribution in [0.4, 0.5) is 0 Å². The van der Waals surface area contributed by atoms with Gasteiger partial charge >= 0.3 is 0 Å². The highest BCUT2D eigenvalue weighted by molar-refractivity contribution is 5.79. The summed E-state index contributed by atoms with van der Waals surface area (Å²) in [6.07, 6.45) is 7.69. The molecule has 5 nitrogen and oxygen atoms in total. The van der Waals surface area contributed by atoms with Crippen molar-refractivity contribution in [3.63, 3.8) is 0 Å². The van der Waals surface area contributed by atoms with Gasteiger partial charge in [-0.15, -0.1) is 0 Å². The van der Waals surface area contributed by atoms with Crippen LogP contribution in [0.2, 0.25) is 0 Å². The first-order valence-corrected chi connectivity index (χ1v) is 8.77. The van der Waals surface area contributed by atoms with Crippen LogP contribution in [0.15, 0.2) is 4.99 Å². The molecule has 22 heavy (non-hydrogen) atoms. The minimum absolute atomic E-state index is 0.653. The largest absolute Gasteiger partial charge is 0.381 e. The van der Waals surface area contributed by atoms with Crippen LogP contribution in [0.3, 0.4) is 0 Å². The Labute approximate surface area is 137 Å². The first-order valence-electron chi connectivity index (χ1n) is 8.77. The fourth-order valence-electron chi connectivity index (χ4n) is 2.87. The molecule has 1 fully saturated rings. The van der Waals surface area contributed by atoms with Gasteiger partial charge in [-0.3, -0.25) is 4.99 Å². The van der Waals surface area contributed by atoms with Crippen molar-refractivity contribution < 1.29 is 4.74 Å². The summed E-state index contributed by atoms with van der Waals surface area (Å²) in [6, 6.07) is 0. The van der Waals surface area contributed by atoms with Gasteiger partial charge in [0.2, 0.25) is 0 Å². The summed E-state index contributed by atoms with van der Waals surface area (Å²) < 4.78 is 5.44. The number of hydrogen-bond donors (Lipinski definition) is 1. The highest BCUT2D eigenvalue weighted by Crippen LogP contribution is 2.13. The first-order chi connectivity index (χ1) is 10.6. The number of nitrogens with zero attached hydrogens (tertiary/aromatic N) is 3. The van der Waals surface area contributed by atoms with Crippen molar-refractivity contribution in [2.45, 2.75) is 38.5 Å². The lowest BCUT2D eigenvalue weighted by atomic mass is 10.1. The third kappa shape index (κ3) is 8.59. The van der Waals surface area contributed by atoms with Crippen LogP contribution in [0, 0.1) is 5.92 Å². The highest BCUT2D eigenvalue weighted by atomic mass is 16.5. The van der Waals surface area contributed by atoms with E-state index in [1.165, 1.54) is 45.1 Å². The van der Waals surface area contributed by atoms with Crippen molar-refractivity contribution in [2.24, 2.45) is 10.9 Å². The van der Waals surface area contributed by atoms with Gasteiger partial charge in [-0.25, -0.2) is 0 Å². The Morgan fingerprint density at radius 1 is 1.14 bits per heavy atom. The second-order valence-corrected chi connectivity index (χ2v) is 6.66. The fourth-order valence-corrected chi connectivity index (χ4v) is 2.87. The predicted octanol–water partition coefficient (Wildman–Crippen LogP) is 2.04. The van der Waals surface area contributed by atoms with E-state index < -0.39 is 0 Å². The van der Waals surface area contributed by atoms with E-state index in [0.717, 1.165) is 32.3 Å². The van der Waals surface area contributed by atoms with E-state index in [-0.39, 0.29) is 0 Å². The van der Waals surface area contributed by atoms with Gasteiger partial charge < -0.3 is 19.9 Å². The standard InChI is InChI=1S/C17H36N4O/c1-18-17(21(4)14-16-10-13-22-15-16)19-11-8-6-5-7-9-12-20(2)3/h16H,5-15H2,1-4H3,(H,18,19). The van der Waals surface area contributed by atoms with Crippen molar-refractivity contribution >= 4 is 5.96 Å². The molecular weight excluding hydrogens is 276 g/mol. The summed E-state index contributed by atoms with van der Waals surface area (Å²) >= 11 is 0. The summed E-state index contributed by atoms with van der Waals surface area (Å²) in [5, 5.41) is 3.48. The Morgan fingerprint density at radius 2 is 1.86 bits per heavy atom. The average molecular weight is 313 g/mol. The Balaban J connectivity index is 2.03. The molecule has 130 valence electrons. The molecule has 0 bridgehead atoms. The molecule has 1 saturated heterocycles. The second-order valence-electron chi connectivity index (χ2n) is 6.66. The van der Waals surface area contributed by atoms with Crippen LogP contribution in [-0.2, 0) is 4.74 Å². The van der Waals surface area contributed by atoms with E-state index >= 15 is 0 Å². The maximum atomic E-state index is 5.44. The van der Waals surface area contributed by atoms with Gasteiger partial charge in [0, 0.05) is 39.7 Å². The van der Waals surface area contributed by atoms with Crippen molar-refractivity contribution in [3.8, 4) is 0 Å². The molecule has 1 N–H and O–H groups in total.